The molecular formula is C9H11BF. The Bertz CT molecular complexity index is 245. The molecule has 0 aliphatic rings. The van der Waals surface area contributed by atoms with Gasteiger partial charge < -0.3 is 4.32 Å². The lowest BCUT2D eigenvalue weighted by molar-refractivity contribution is 0.883. The van der Waals surface area contributed by atoms with Crippen LogP contribution in [0.3, 0.4) is 0 Å². The van der Waals surface area contributed by atoms with Crippen molar-refractivity contribution in [1.29, 1.82) is 0 Å². The second-order valence-electron chi connectivity index (χ2n) is 2.92. The Morgan fingerprint density at radius 1 is 1.09 bits per heavy atom. The SMILES string of the molecule is Cc1cc(C)c([B]F)c(C)c1. The van der Waals surface area contributed by atoms with E-state index in [1.165, 1.54) is 5.56 Å². The van der Waals surface area contributed by atoms with Crippen LogP contribution < -0.4 is 5.46 Å². The quantitative estimate of drug-likeness (QED) is 0.534. The number of rotatable bonds is 1. The molecule has 0 fully saturated rings. The van der Waals surface area contributed by atoms with Crippen LogP contribution in [0.5, 0.6) is 0 Å². The molecule has 0 unspecified atom stereocenters. The van der Waals surface area contributed by atoms with Gasteiger partial charge in [0.1, 0.15) is 0 Å². The van der Waals surface area contributed by atoms with E-state index in [0.29, 0.717) is 7.56 Å². The molecule has 1 aromatic rings. The largest absolute Gasteiger partial charge is 0.392 e. The maximum atomic E-state index is 12.3. The van der Waals surface area contributed by atoms with E-state index in [1.807, 2.05) is 32.9 Å². The molecule has 0 saturated carbocycles. The van der Waals surface area contributed by atoms with E-state index in [2.05, 4.69) is 0 Å². The van der Waals surface area contributed by atoms with Gasteiger partial charge in [0.05, 0.1) is 0 Å². The van der Waals surface area contributed by atoms with Crippen LogP contribution in [0.4, 0.5) is 4.32 Å². The summed E-state index contributed by atoms with van der Waals surface area (Å²) >= 11 is 0. The molecule has 1 rings (SSSR count). The Morgan fingerprint density at radius 3 is 1.91 bits per heavy atom. The molecule has 0 amide bonds. The van der Waals surface area contributed by atoms with Crippen molar-refractivity contribution in [2.24, 2.45) is 0 Å². The highest BCUT2D eigenvalue weighted by molar-refractivity contribution is 6.47. The maximum Gasteiger partial charge on any atom is 0.392 e. The molecule has 0 nitrogen and oxygen atoms in total. The Morgan fingerprint density at radius 2 is 1.55 bits per heavy atom. The minimum absolute atomic E-state index is 0.671. The van der Waals surface area contributed by atoms with Crippen LogP contribution in [-0.2, 0) is 0 Å². The van der Waals surface area contributed by atoms with E-state index in [9.17, 15) is 4.32 Å². The predicted molar refractivity (Wildman–Crippen MR) is 47.1 cm³/mol. The van der Waals surface area contributed by atoms with Gasteiger partial charge in [0, 0.05) is 0 Å². The molecule has 0 N–H and O–H groups in total. The van der Waals surface area contributed by atoms with Crippen molar-refractivity contribution in [3.8, 4) is 0 Å². The Labute approximate surface area is 67.7 Å². The summed E-state index contributed by atoms with van der Waals surface area (Å²) in [6, 6.07) is 3.97. The molecule has 1 radical (unpaired) electrons. The average Bonchev–Trinajstić information content (AvgIpc) is 1.85. The number of halogens is 1. The van der Waals surface area contributed by atoms with Gasteiger partial charge in [0.25, 0.3) is 0 Å². The maximum absolute atomic E-state index is 12.3. The molecule has 11 heavy (non-hydrogen) atoms. The lowest BCUT2D eigenvalue weighted by atomic mass is 9.82. The second kappa shape index (κ2) is 3.08. The topological polar surface area (TPSA) is 0 Å². The van der Waals surface area contributed by atoms with E-state index >= 15 is 0 Å². The summed E-state index contributed by atoms with van der Waals surface area (Å²) in [5.41, 5.74) is 3.91. The van der Waals surface area contributed by atoms with Gasteiger partial charge in [-0.2, -0.15) is 0 Å². The first-order valence-corrected chi connectivity index (χ1v) is 3.66. The molecule has 0 spiro atoms. The fourth-order valence-electron chi connectivity index (χ4n) is 1.36. The molecule has 57 valence electrons. The van der Waals surface area contributed by atoms with Gasteiger partial charge in [-0.05, 0) is 26.2 Å². The number of benzene rings is 1. The summed E-state index contributed by atoms with van der Waals surface area (Å²) in [5.74, 6) is 0. The zero-order chi connectivity index (χ0) is 8.43. The highest BCUT2D eigenvalue weighted by atomic mass is 19.1. The number of hydrogen-bond acceptors (Lipinski definition) is 0. The minimum atomic E-state index is 0.671. The summed E-state index contributed by atoms with van der Waals surface area (Å²) < 4.78 is 12.3. The summed E-state index contributed by atoms with van der Waals surface area (Å²) in [7, 11) is 0.671. The second-order valence-corrected chi connectivity index (χ2v) is 2.92. The third kappa shape index (κ3) is 1.62. The number of aryl methyl sites for hydroxylation is 3. The van der Waals surface area contributed by atoms with Crippen LogP contribution in [0.2, 0.25) is 0 Å². The Hall–Kier alpha value is -0.785. The lowest BCUT2D eigenvalue weighted by Crippen LogP contribution is -2.17. The summed E-state index contributed by atoms with van der Waals surface area (Å²) in [5, 5.41) is 0. The predicted octanol–water partition coefficient (Wildman–Crippen LogP) is 1.83. The molecule has 0 aliphatic heterocycles. The van der Waals surface area contributed by atoms with Crippen molar-refractivity contribution in [3.63, 3.8) is 0 Å². The third-order valence-corrected chi connectivity index (χ3v) is 1.85. The van der Waals surface area contributed by atoms with Crippen molar-refractivity contribution in [3.05, 3.63) is 28.8 Å². The van der Waals surface area contributed by atoms with Crippen LogP contribution in [0.15, 0.2) is 12.1 Å². The van der Waals surface area contributed by atoms with Crippen LogP contribution in [0.1, 0.15) is 16.7 Å². The normalized spacial score (nSPS) is 9.82. The molecule has 0 bridgehead atoms. The van der Waals surface area contributed by atoms with E-state index in [1.54, 1.807) is 0 Å². The van der Waals surface area contributed by atoms with Crippen molar-refractivity contribution in [1.82, 2.24) is 0 Å². The first kappa shape index (κ1) is 8.31. The number of hydrogen-bond donors (Lipinski definition) is 0. The van der Waals surface area contributed by atoms with Crippen LogP contribution in [-0.4, -0.2) is 7.56 Å². The van der Waals surface area contributed by atoms with E-state index < -0.39 is 0 Å². The Balaban J connectivity index is 3.25. The van der Waals surface area contributed by atoms with Crippen LogP contribution in [0.25, 0.3) is 0 Å². The lowest BCUT2D eigenvalue weighted by Gasteiger charge is -2.05. The van der Waals surface area contributed by atoms with Crippen LogP contribution in [0, 0.1) is 20.8 Å². The molecule has 0 atom stereocenters. The standard InChI is InChI=1S/C9H11BF/c1-6-4-7(2)9(10-11)8(3)5-6/h4-5H,1-3H3. The van der Waals surface area contributed by atoms with Crippen molar-refractivity contribution in [2.45, 2.75) is 20.8 Å². The zero-order valence-electron chi connectivity index (χ0n) is 7.11. The van der Waals surface area contributed by atoms with Crippen LogP contribution >= 0.6 is 0 Å². The highest BCUT2D eigenvalue weighted by Crippen LogP contribution is 2.04. The summed E-state index contributed by atoms with van der Waals surface area (Å²) in [4.78, 5) is 0. The van der Waals surface area contributed by atoms with Gasteiger partial charge in [-0.3, -0.25) is 0 Å². The molecule has 0 aromatic heterocycles. The van der Waals surface area contributed by atoms with Gasteiger partial charge in [0.2, 0.25) is 0 Å². The molecular weight excluding hydrogens is 138 g/mol. The monoisotopic (exact) mass is 149 g/mol. The highest BCUT2D eigenvalue weighted by Gasteiger charge is 2.04. The van der Waals surface area contributed by atoms with Gasteiger partial charge in [-0.1, -0.05) is 28.8 Å². The average molecular weight is 149 g/mol. The molecule has 0 heterocycles. The summed E-state index contributed by atoms with van der Waals surface area (Å²) in [6.07, 6.45) is 0. The van der Waals surface area contributed by atoms with E-state index in [4.69, 9.17) is 0 Å². The van der Waals surface area contributed by atoms with Gasteiger partial charge in [-0.15, -0.1) is 0 Å². The van der Waals surface area contributed by atoms with Crippen molar-refractivity contribution < 1.29 is 4.32 Å². The van der Waals surface area contributed by atoms with Gasteiger partial charge in [0.15, 0.2) is 0 Å². The van der Waals surface area contributed by atoms with Crippen molar-refractivity contribution in [2.75, 3.05) is 0 Å². The fourth-order valence-corrected chi connectivity index (χ4v) is 1.36. The molecule has 0 aliphatic carbocycles. The smallest absolute Gasteiger partial charge is 0.335 e. The van der Waals surface area contributed by atoms with E-state index in [0.717, 1.165) is 16.6 Å². The van der Waals surface area contributed by atoms with Crippen molar-refractivity contribution >= 4 is 13.0 Å². The first-order valence-electron chi connectivity index (χ1n) is 3.66. The molecule has 1 aromatic carbocycles. The summed E-state index contributed by atoms with van der Waals surface area (Å²) in [6.45, 7) is 5.86. The molecule has 0 saturated heterocycles. The minimum Gasteiger partial charge on any atom is -0.335 e. The fraction of sp³-hybridized carbons (Fsp3) is 0.333. The molecule has 2 heteroatoms. The Kier molecular flexibility index (Phi) is 2.33. The zero-order valence-corrected chi connectivity index (χ0v) is 7.11. The first-order chi connectivity index (χ1) is 5.15. The van der Waals surface area contributed by atoms with Gasteiger partial charge in [-0.25, -0.2) is 0 Å². The third-order valence-electron chi connectivity index (χ3n) is 1.85. The van der Waals surface area contributed by atoms with E-state index in [-0.39, 0.29) is 0 Å². The van der Waals surface area contributed by atoms with Gasteiger partial charge >= 0.3 is 7.56 Å².